The van der Waals surface area contributed by atoms with Crippen LogP contribution in [0.25, 0.3) is 0 Å². The van der Waals surface area contributed by atoms with Crippen LogP contribution in [0.1, 0.15) is 34.0 Å². The molecule has 0 saturated carbocycles. The molecule has 0 aliphatic carbocycles. The highest BCUT2D eigenvalue weighted by atomic mass is 16.2. The van der Waals surface area contributed by atoms with Crippen LogP contribution in [-0.4, -0.2) is 24.9 Å². The van der Waals surface area contributed by atoms with Crippen LogP contribution in [0.2, 0.25) is 0 Å². The number of nitrogens with zero attached hydrogens (tertiary/aromatic N) is 1. The summed E-state index contributed by atoms with van der Waals surface area (Å²) in [5, 5.41) is 2.87. The Balaban J connectivity index is 2.00. The highest BCUT2D eigenvalue weighted by Crippen LogP contribution is 2.18. The number of benzene rings is 2. The maximum Gasteiger partial charge on any atom is 0.251 e. The lowest BCUT2D eigenvalue weighted by Gasteiger charge is -2.22. The van der Waals surface area contributed by atoms with Crippen LogP contribution >= 0.6 is 0 Å². The normalized spacial score (nSPS) is 10.3. The number of hydrogen-bond donors (Lipinski definition) is 1. The SMILES string of the molecule is CC(=O)N(CCNC(=O)c1cccc(C)c1)c1ccc(C)c(C)c1. The summed E-state index contributed by atoms with van der Waals surface area (Å²) in [6.45, 7) is 8.40. The van der Waals surface area contributed by atoms with Crippen molar-refractivity contribution in [2.75, 3.05) is 18.0 Å². The number of anilines is 1. The molecule has 2 amide bonds. The summed E-state index contributed by atoms with van der Waals surface area (Å²) >= 11 is 0. The van der Waals surface area contributed by atoms with Gasteiger partial charge in [0.05, 0.1) is 0 Å². The predicted molar refractivity (Wildman–Crippen MR) is 97.5 cm³/mol. The van der Waals surface area contributed by atoms with Gasteiger partial charge in [0.2, 0.25) is 5.91 Å². The van der Waals surface area contributed by atoms with Crippen molar-refractivity contribution in [1.29, 1.82) is 0 Å². The van der Waals surface area contributed by atoms with Gasteiger partial charge in [-0.1, -0.05) is 23.8 Å². The lowest BCUT2D eigenvalue weighted by Crippen LogP contribution is -2.37. The molecule has 0 fully saturated rings. The number of amides is 2. The van der Waals surface area contributed by atoms with Crippen molar-refractivity contribution < 1.29 is 9.59 Å². The molecule has 0 radical (unpaired) electrons. The largest absolute Gasteiger partial charge is 0.350 e. The Hall–Kier alpha value is -2.62. The van der Waals surface area contributed by atoms with Crippen LogP contribution in [0.4, 0.5) is 5.69 Å². The van der Waals surface area contributed by atoms with E-state index < -0.39 is 0 Å². The molecule has 0 aliphatic heterocycles. The van der Waals surface area contributed by atoms with E-state index in [9.17, 15) is 9.59 Å². The van der Waals surface area contributed by atoms with Crippen molar-refractivity contribution in [2.24, 2.45) is 0 Å². The third kappa shape index (κ3) is 4.44. The molecule has 0 aliphatic rings. The summed E-state index contributed by atoms with van der Waals surface area (Å²) in [6, 6.07) is 13.4. The fourth-order valence-corrected chi connectivity index (χ4v) is 2.53. The van der Waals surface area contributed by atoms with Gasteiger partial charge in [0.15, 0.2) is 0 Å². The quantitative estimate of drug-likeness (QED) is 0.916. The average Bonchev–Trinajstić information content (AvgIpc) is 2.54. The van der Waals surface area contributed by atoms with E-state index in [1.54, 1.807) is 11.0 Å². The Bertz CT molecular complexity index is 753. The molecule has 0 unspecified atom stereocenters. The molecule has 0 saturated heterocycles. The van der Waals surface area contributed by atoms with Gasteiger partial charge in [-0.2, -0.15) is 0 Å². The van der Waals surface area contributed by atoms with E-state index in [-0.39, 0.29) is 11.8 Å². The molecule has 0 heterocycles. The Morgan fingerprint density at radius 3 is 2.38 bits per heavy atom. The lowest BCUT2D eigenvalue weighted by molar-refractivity contribution is -0.116. The number of nitrogens with one attached hydrogen (secondary N) is 1. The predicted octanol–water partition coefficient (Wildman–Crippen LogP) is 3.39. The molecule has 2 rings (SSSR count). The summed E-state index contributed by atoms with van der Waals surface area (Å²) in [5.74, 6) is -0.162. The van der Waals surface area contributed by atoms with Crippen molar-refractivity contribution in [3.8, 4) is 0 Å². The van der Waals surface area contributed by atoms with E-state index in [1.807, 2.05) is 57.2 Å². The van der Waals surface area contributed by atoms with Crippen molar-refractivity contribution in [3.63, 3.8) is 0 Å². The second kappa shape index (κ2) is 7.77. The number of carbonyl (C=O) groups excluding carboxylic acids is 2. The molecule has 0 atom stereocenters. The molecular formula is C20H24N2O2. The second-order valence-electron chi connectivity index (χ2n) is 6.06. The monoisotopic (exact) mass is 324 g/mol. The molecule has 24 heavy (non-hydrogen) atoms. The Morgan fingerprint density at radius 1 is 1.00 bits per heavy atom. The van der Waals surface area contributed by atoms with Crippen molar-refractivity contribution in [3.05, 3.63) is 64.7 Å². The summed E-state index contributed by atoms with van der Waals surface area (Å²) in [5.41, 5.74) is 4.87. The number of rotatable bonds is 5. The van der Waals surface area contributed by atoms with Crippen LogP contribution in [0.3, 0.4) is 0 Å². The van der Waals surface area contributed by atoms with Gasteiger partial charge in [0.1, 0.15) is 0 Å². The van der Waals surface area contributed by atoms with Gasteiger partial charge in [-0.3, -0.25) is 9.59 Å². The minimum Gasteiger partial charge on any atom is -0.350 e. The maximum absolute atomic E-state index is 12.2. The fourth-order valence-electron chi connectivity index (χ4n) is 2.53. The van der Waals surface area contributed by atoms with Crippen LogP contribution in [0, 0.1) is 20.8 Å². The summed E-state index contributed by atoms with van der Waals surface area (Å²) in [6.07, 6.45) is 0. The van der Waals surface area contributed by atoms with E-state index in [2.05, 4.69) is 5.32 Å². The van der Waals surface area contributed by atoms with Crippen LogP contribution < -0.4 is 10.2 Å². The molecule has 0 aromatic heterocycles. The van der Waals surface area contributed by atoms with Gasteiger partial charge in [-0.25, -0.2) is 0 Å². The van der Waals surface area contributed by atoms with Gasteiger partial charge in [-0.05, 0) is 56.2 Å². The van der Waals surface area contributed by atoms with Gasteiger partial charge >= 0.3 is 0 Å². The number of aryl methyl sites for hydroxylation is 3. The van der Waals surface area contributed by atoms with Crippen LogP contribution in [-0.2, 0) is 4.79 Å². The lowest BCUT2D eigenvalue weighted by atomic mass is 10.1. The Kier molecular flexibility index (Phi) is 5.74. The molecular weight excluding hydrogens is 300 g/mol. The number of carbonyl (C=O) groups is 2. The second-order valence-corrected chi connectivity index (χ2v) is 6.06. The van der Waals surface area contributed by atoms with E-state index in [0.717, 1.165) is 16.8 Å². The van der Waals surface area contributed by atoms with Crippen molar-refractivity contribution in [1.82, 2.24) is 5.32 Å². The standard InChI is InChI=1S/C20H24N2O2/c1-14-6-5-7-18(12-14)20(24)21-10-11-22(17(4)23)19-9-8-15(2)16(3)13-19/h5-9,12-13H,10-11H2,1-4H3,(H,21,24). The topological polar surface area (TPSA) is 49.4 Å². The zero-order valence-corrected chi connectivity index (χ0v) is 14.7. The highest BCUT2D eigenvalue weighted by molar-refractivity contribution is 5.95. The third-order valence-electron chi connectivity index (χ3n) is 4.08. The van der Waals surface area contributed by atoms with Gasteiger partial charge < -0.3 is 10.2 Å². The minimum atomic E-state index is -0.123. The molecule has 0 spiro atoms. The minimum absolute atomic E-state index is 0.0388. The molecule has 0 bridgehead atoms. The first-order chi connectivity index (χ1) is 11.4. The number of hydrogen-bond acceptors (Lipinski definition) is 2. The van der Waals surface area contributed by atoms with Crippen LogP contribution in [0.5, 0.6) is 0 Å². The Morgan fingerprint density at radius 2 is 1.75 bits per heavy atom. The molecule has 2 aromatic rings. The Labute approximate surface area is 143 Å². The van der Waals surface area contributed by atoms with Crippen molar-refractivity contribution >= 4 is 17.5 Å². The van der Waals surface area contributed by atoms with Gasteiger partial charge in [0.25, 0.3) is 5.91 Å². The first kappa shape index (κ1) is 17.7. The average molecular weight is 324 g/mol. The van der Waals surface area contributed by atoms with Crippen LogP contribution in [0.15, 0.2) is 42.5 Å². The molecule has 1 N–H and O–H groups in total. The summed E-state index contributed by atoms with van der Waals surface area (Å²) in [4.78, 5) is 25.8. The first-order valence-corrected chi connectivity index (χ1v) is 8.08. The summed E-state index contributed by atoms with van der Waals surface area (Å²) in [7, 11) is 0. The fraction of sp³-hybridized carbons (Fsp3) is 0.300. The summed E-state index contributed by atoms with van der Waals surface area (Å²) < 4.78 is 0. The van der Waals surface area contributed by atoms with E-state index in [1.165, 1.54) is 12.5 Å². The maximum atomic E-state index is 12.2. The van der Waals surface area contributed by atoms with E-state index in [4.69, 9.17) is 0 Å². The highest BCUT2D eigenvalue weighted by Gasteiger charge is 2.13. The first-order valence-electron chi connectivity index (χ1n) is 8.08. The zero-order valence-electron chi connectivity index (χ0n) is 14.7. The molecule has 4 heteroatoms. The van der Waals surface area contributed by atoms with E-state index in [0.29, 0.717) is 18.7 Å². The molecule has 126 valence electrons. The van der Waals surface area contributed by atoms with Crippen molar-refractivity contribution in [2.45, 2.75) is 27.7 Å². The van der Waals surface area contributed by atoms with Gasteiger partial charge in [0, 0.05) is 31.3 Å². The zero-order chi connectivity index (χ0) is 17.7. The van der Waals surface area contributed by atoms with Gasteiger partial charge in [-0.15, -0.1) is 0 Å². The molecule has 4 nitrogen and oxygen atoms in total. The van der Waals surface area contributed by atoms with E-state index >= 15 is 0 Å². The third-order valence-corrected chi connectivity index (χ3v) is 4.08. The molecule has 2 aromatic carbocycles. The smallest absolute Gasteiger partial charge is 0.251 e.